The average molecular weight is 448 g/mol. The van der Waals surface area contributed by atoms with Crippen molar-refractivity contribution >= 4 is 29.9 Å². The molecule has 0 amide bonds. The third kappa shape index (κ3) is 8.79. The van der Waals surface area contributed by atoms with Gasteiger partial charge in [-0.2, -0.15) is 0 Å². The zero-order chi connectivity index (χ0) is 16.2. The molecular formula is C17H29IN4O2. The molecule has 0 spiro atoms. The Morgan fingerprint density at radius 3 is 2.79 bits per heavy atom. The molecule has 2 rings (SSSR count). The molecule has 136 valence electrons. The number of rotatable bonds is 8. The van der Waals surface area contributed by atoms with Crippen LogP contribution in [0.3, 0.4) is 0 Å². The van der Waals surface area contributed by atoms with E-state index in [1.54, 1.807) is 7.05 Å². The second kappa shape index (κ2) is 13.4. The maximum absolute atomic E-state index is 5.85. The quantitative estimate of drug-likeness (QED) is 0.276. The smallest absolute Gasteiger partial charge is 0.190 e. The minimum atomic E-state index is 0. The van der Waals surface area contributed by atoms with Crippen LogP contribution in [0.1, 0.15) is 25.0 Å². The third-order valence-corrected chi connectivity index (χ3v) is 3.76. The summed E-state index contributed by atoms with van der Waals surface area (Å²) in [5.74, 6) is 0.826. The fourth-order valence-electron chi connectivity index (χ4n) is 2.45. The Hall–Kier alpha value is -0.930. The molecule has 1 fully saturated rings. The van der Waals surface area contributed by atoms with Crippen molar-refractivity contribution in [3.05, 3.63) is 30.1 Å². The van der Waals surface area contributed by atoms with Crippen LogP contribution in [0.2, 0.25) is 0 Å². The minimum absolute atomic E-state index is 0. The Balaban J connectivity index is 0.00000288. The van der Waals surface area contributed by atoms with Crippen LogP contribution in [0, 0.1) is 0 Å². The van der Waals surface area contributed by atoms with E-state index in [2.05, 4.69) is 20.6 Å². The second-order valence-electron chi connectivity index (χ2n) is 5.53. The lowest BCUT2D eigenvalue weighted by molar-refractivity contribution is -0.0320. The Kier molecular flexibility index (Phi) is 11.8. The van der Waals surface area contributed by atoms with Gasteiger partial charge in [0.15, 0.2) is 5.96 Å². The van der Waals surface area contributed by atoms with Gasteiger partial charge in [0, 0.05) is 58.3 Å². The molecule has 0 aromatic carbocycles. The van der Waals surface area contributed by atoms with E-state index in [9.17, 15) is 0 Å². The summed E-state index contributed by atoms with van der Waals surface area (Å²) in [5, 5.41) is 6.61. The number of halogens is 1. The molecule has 24 heavy (non-hydrogen) atoms. The Labute approximate surface area is 161 Å². The molecule has 0 radical (unpaired) electrons. The van der Waals surface area contributed by atoms with Crippen LogP contribution in [0.5, 0.6) is 0 Å². The lowest BCUT2D eigenvalue weighted by atomic mass is 10.1. The standard InChI is InChI=1S/C17H28N4O2.HI/c1-18-17(21-11-6-15-5-2-3-9-19-15)20-10-4-12-23-16-7-13-22-14-8-16;/h2-3,5,9,16H,4,6-8,10-14H2,1H3,(H2,18,20,21);1H. The molecule has 6 nitrogen and oxygen atoms in total. The van der Waals surface area contributed by atoms with Crippen LogP contribution in [0.15, 0.2) is 29.4 Å². The number of guanidine groups is 1. The SMILES string of the molecule is CN=C(NCCCOC1CCOCC1)NCCc1ccccn1.I. The van der Waals surface area contributed by atoms with E-state index in [1.165, 1.54) is 0 Å². The molecule has 1 aliphatic rings. The van der Waals surface area contributed by atoms with E-state index in [4.69, 9.17) is 9.47 Å². The van der Waals surface area contributed by atoms with Crippen LogP contribution in [-0.4, -0.2) is 57.0 Å². The topological polar surface area (TPSA) is 67.8 Å². The Bertz CT molecular complexity index is 453. The van der Waals surface area contributed by atoms with E-state index in [0.717, 1.165) is 70.2 Å². The monoisotopic (exact) mass is 448 g/mol. The van der Waals surface area contributed by atoms with Gasteiger partial charge in [-0.15, -0.1) is 24.0 Å². The zero-order valence-corrected chi connectivity index (χ0v) is 16.7. The number of nitrogens with one attached hydrogen (secondary N) is 2. The lowest BCUT2D eigenvalue weighted by Gasteiger charge is -2.22. The van der Waals surface area contributed by atoms with Crippen LogP contribution in [0.25, 0.3) is 0 Å². The number of hydrogen-bond acceptors (Lipinski definition) is 4. The van der Waals surface area contributed by atoms with Gasteiger partial charge >= 0.3 is 0 Å². The predicted molar refractivity (Wildman–Crippen MR) is 107 cm³/mol. The molecule has 0 saturated carbocycles. The van der Waals surface area contributed by atoms with E-state index < -0.39 is 0 Å². The van der Waals surface area contributed by atoms with Crippen molar-refractivity contribution in [1.29, 1.82) is 0 Å². The number of hydrogen-bond donors (Lipinski definition) is 2. The summed E-state index contributed by atoms with van der Waals surface area (Å²) < 4.78 is 11.2. The number of aliphatic imine (C=N–C) groups is 1. The molecule has 0 aliphatic carbocycles. The van der Waals surface area contributed by atoms with Crippen molar-refractivity contribution in [2.45, 2.75) is 31.8 Å². The van der Waals surface area contributed by atoms with Gasteiger partial charge in [-0.3, -0.25) is 9.98 Å². The highest BCUT2D eigenvalue weighted by molar-refractivity contribution is 14.0. The summed E-state index contributed by atoms with van der Waals surface area (Å²) in [6, 6.07) is 5.97. The molecule has 1 saturated heterocycles. The first kappa shape index (κ1) is 21.1. The summed E-state index contributed by atoms with van der Waals surface area (Å²) in [5.41, 5.74) is 1.08. The first-order chi connectivity index (χ1) is 11.4. The molecule has 1 aromatic heterocycles. The van der Waals surface area contributed by atoms with Gasteiger partial charge in [0.05, 0.1) is 6.10 Å². The van der Waals surface area contributed by atoms with E-state index in [1.807, 2.05) is 24.4 Å². The molecule has 2 heterocycles. The largest absolute Gasteiger partial charge is 0.381 e. The first-order valence-electron chi connectivity index (χ1n) is 8.42. The van der Waals surface area contributed by atoms with Crippen molar-refractivity contribution < 1.29 is 9.47 Å². The fraction of sp³-hybridized carbons (Fsp3) is 0.647. The molecule has 0 unspecified atom stereocenters. The number of pyridine rings is 1. The highest BCUT2D eigenvalue weighted by atomic mass is 127. The second-order valence-corrected chi connectivity index (χ2v) is 5.53. The predicted octanol–water partition coefficient (Wildman–Crippen LogP) is 1.99. The van der Waals surface area contributed by atoms with Crippen molar-refractivity contribution in [3.63, 3.8) is 0 Å². The van der Waals surface area contributed by atoms with Gasteiger partial charge in [0.25, 0.3) is 0 Å². The van der Waals surface area contributed by atoms with Crippen molar-refractivity contribution in [1.82, 2.24) is 15.6 Å². The van der Waals surface area contributed by atoms with Gasteiger partial charge in [-0.1, -0.05) is 6.07 Å². The minimum Gasteiger partial charge on any atom is -0.381 e. The maximum atomic E-state index is 5.85. The average Bonchev–Trinajstić information content (AvgIpc) is 2.61. The molecule has 2 N–H and O–H groups in total. The van der Waals surface area contributed by atoms with Crippen LogP contribution >= 0.6 is 24.0 Å². The molecule has 0 atom stereocenters. The lowest BCUT2D eigenvalue weighted by Crippen LogP contribution is -2.39. The third-order valence-electron chi connectivity index (χ3n) is 3.76. The van der Waals surface area contributed by atoms with Crippen molar-refractivity contribution in [3.8, 4) is 0 Å². The number of nitrogens with zero attached hydrogens (tertiary/aromatic N) is 2. The van der Waals surface area contributed by atoms with Gasteiger partial charge in [-0.25, -0.2) is 0 Å². The van der Waals surface area contributed by atoms with E-state index >= 15 is 0 Å². The summed E-state index contributed by atoms with van der Waals surface area (Å²) >= 11 is 0. The molecule has 0 bridgehead atoms. The summed E-state index contributed by atoms with van der Waals surface area (Å²) in [6.07, 6.45) is 6.08. The molecule has 7 heteroatoms. The van der Waals surface area contributed by atoms with Crippen LogP contribution in [-0.2, 0) is 15.9 Å². The first-order valence-corrected chi connectivity index (χ1v) is 8.42. The summed E-state index contributed by atoms with van der Waals surface area (Å²) in [7, 11) is 1.79. The maximum Gasteiger partial charge on any atom is 0.190 e. The van der Waals surface area contributed by atoms with Crippen molar-refractivity contribution in [2.75, 3.05) is 40.0 Å². The summed E-state index contributed by atoms with van der Waals surface area (Å²) in [4.78, 5) is 8.53. The van der Waals surface area contributed by atoms with E-state index in [0.29, 0.717) is 6.10 Å². The van der Waals surface area contributed by atoms with E-state index in [-0.39, 0.29) is 24.0 Å². The highest BCUT2D eigenvalue weighted by Gasteiger charge is 2.13. The molecular weight excluding hydrogens is 419 g/mol. The molecule has 1 aromatic rings. The highest BCUT2D eigenvalue weighted by Crippen LogP contribution is 2.10. The fourth-order valence-corrected chi connectivity index (χ4v) is 2.45. The van der Waals surface area contributed by atoms with Gasteiger partial charge in [0.1, 0.15) is 0 Å². The van der Waals surface area contributed by atoms with Gasteiger partial charge in [-0.05, 0) is 31.4 Å². The van der Waals surface area contributed by atoms with Gasteiger partial charge in [0.2, 0.25) is 0 Å². The van der Waals surface area contributed by atoms with Crippen LogP contribution in [0.4, 0.5) is 0 Å². The van der Waals surface area contributed by atoms with Crippen molar-refractivity contribution in [2.24, 2.45) is 4.99 Å². The Morgan fingerprint density at radius 1 is 1.29 bits per heavy atom. The van der Waals surface area contributed by atoms with Crippen LogP contribution < -0.4 is 10.6 Å². The number of aromatic nitrogens is 1. The van der Waals surface area contributed by atoms with Gasteiger partial charge < -0.3 is 20.1 Å². The molecule has 1 aliphatic heterocycles. The Morgan fingerprint density at radius 2 is 2.08 bits per heavy atom. The zero-order valence-electron chi connectivity index (χ0n) is 14.4. The number of ether oxygens (including phenoxy) is 2. The normalized spacial score (nSPS) is 15.6. The summed E-state index contributed by atoms with van der Waals surface area (Å²) in [6.45, 7) is 4.11.